The van der Waals surface area contributed by atoms with Crippen molar-refractivity contribution in [1.82, 2.24) is 10.3 Å². The summed E-state index contributed by atoms with van der Waals surface area (Å²) in [5.41, 5.74) is 0.817. The lowest BCUT2D eigenvalue weighted by atomic mass is 10.2. The van der Waals surface area contributed by atoms with Crippen molar-refractivity contribution < 1.29 is 18.3 Å². The van der Waals surface area contributed by atoms with E-state index in [0.717, 1.165) is 5.56 Å². The summed E-state index contributed by atoms with van der Waals surface area (Å²) in [4.78, 5) is 15.9. The topological polar surface area (TPSA) is 64.4 Å². The highest BCUT2D eigenvalue weighted by Gasteiger charge is 2.08. The lowest BCUT2D eigenvalue weighted by molar-refractivity contribution is 0.0923. The first-order valence-electron chi connectivity index (χ1n) is 6.91. The first kappa shape index (κ1) is 14.8. The molecular formula is C17H13FN2O3. The summed E-state index contributed by atoms with van der Waals surface area (Å²) in [6, 6.07) is 12.4. The second kappa shape index (κ2) is 6.74. The molecule has 3 aromatic rings. The van der Waals surface area contributed by atoms with Crippen molar-refractivity contribution in [3.05, 3.63) is 78.1 Å². The second-order valence-corrected chi connectivity index (χ2v) is 4.72. The van der Waals surface area contributed by atoms with Crippen molar-refractivity contribution in [1.29, 1.82) is 0 Å². The lowest BCUT2D eigenvalue weighted by Crippen LogP contribution is -2.22. The van der Waals surface area contributed by atoms with Gasteiger partial charge in [-0.25, -0.2) is 9.37 Å². The second-order valence-electron chi connectivity index (χ2n) is 4.72. The minimum Gasteiger partial charge on any atom is -0.459 e. The molecular weight excluding hydrogens is 299 g/mol. The number of halogens is 1. The monoisotopic (exact) mass is 312 g/mol. The van der Waals surface area contributed by atoms with E-state index >= 15 is 0 Å². The third kappa shape index (κ3) is 3.94. The van der Waals surface area contributed by atoms with Crippen molar-refractivity contribution >= 4 is 5.91 Å². The average molecular weight is 312 g/mol. The number of furan rings is 1. The molecule has 5 nitrogen and oxygen atoms in total. The van der Waals surface area contributed by atoms with Gasteiger partial charge in [-0.05, 0) is 48.0 Å². The molecule has 0 saturated carbocycles. The lowest BCUT2D eigenvalue weighted by Gasteiger charge is -2.07. The first-order valence-corrected chi connectivity index (χ1v) is 6.91. The molecule has 0 atom stereocenters. The normalized spacial score (nSPS) is 10.3. The van der Waals surface area contributed by atoms with Crippen molar-refractivity contribution in [3.63, 3.8) is 0 Å². The Bertz CT molecular complexity index is 786. The fraction of sp³-hybridized carbons (Fsp3) is 0.0588. The number of hydrogen-bond donors (Lipinski definition) is 1. The standard InChI is InChI=1S/C17H13FN2O3/c18-13-3-5-14(6-4-13)23-16-10-12(7-8-19-16)11-20-17(21)15-2-1-9-22-15/h1-10H,11H2,(H,20,21). The van der Waals surface area contributed by atoms with Gasteiger partial charge in [0.25, 0.3) is 5.91 Å². The number of ether oxygens (including phenoxy) is 1. The highest BCUT2D eigenvalue weighted by molar-refractivity contribution is 5.91. The molecule has 0 fully saturated rings. The maximum atomic E-state index is 12.9. The van der Waals surface area contributed by atoms with E-state index in [1.807, 2.05) is 0 Å². The van der Waals surface area contributed by atoms with Gasteiger partial charge in [-0.1, -0.05) is 0 Å². The molecule has 2 aromatic heterocycles. The molecule has 0 radical (unpaired) electrons. The van der Waals surface area contributed by atoms with Crippen LogP contribution in [-0.4, -0.2) is 10.9 Å². The number of carbonyl (C=O) groups excluding carboxylic acids is 1. The van der Waals surface area contributed by atoms with Gasteiger partial charge in [-0.15, -0.1) is 0 Å². The van der Waals surface area contributed by atoms with Gasteiger partial charge in [-0.2, -0.15) is 0 Å². The summed E-state index contributed by atoms with van der Waals surface area (Å²) in [5.74, 6) is 0.464. The zero-order valence-electron chi connectivity index (χ0n) is 12.0. The molecule has 6 heteroatoms. The van der Waals surface area contributed by atoms with E-state index < -0.39 is 0 Å². The Hall–Kier alpha value is -3.15. The molecule has 2 heterocycles. The minimum atomic E-state index is -0.334. The van der Waals surface area contributed by atoms with E-state index in [9.17, 15) is 9.18 Å². The number of benzene rings is 1. The van der Waals surface area contributed by atoms with E-state index in [2.05, 4.69) is 10.3 Å². The van der Waals surface area contributed by atoms with E-state index in [4.69, 9.17) is 9.15 Å². The van der Waals surface area contributed by atoms with Crippen LogP contribution in [0.1, 0.15) is 16.1 Å². The molecule has 0 unspecified atom stereocenters. The summed E-state index contributed by atoms with van der Waals surface area (Å²) in [6.07, 6.45) is 3.02. The van der Waals surface area contributed by atoms with Gasteiger partial charge in [0.1, 0.15) is 11.6 Å². The highest BCUT2D eigenvalue weighted by Crippen LogP contribution is 2.20. The fourth-order valence-corrected chi connectivity index (χ4v) is 1.92. The summed E-state index contributed by atoms with van der Waals surface area (Å²) in [7, 11) is 0. The van der Waals surface area contributed by atoms with E-state index in [1.54, 1.807) is 30.5 Å². The molecule has 3 rings (SSSR count). The number of nitrogens with one attached hydrogen (secondary N) is 1. The molecule has 23 heavy (non-hydrogen) atoms. The summed E-state index contributed by atoms with van der Waals surface area (Å²) in [6.45, 7) is 0.307. The number of hydrogen-bond acceptors (Lipinski definition) is 4. The molecule has 1 amide bonds. The van der Waals surface area contributed by atoms with Crippen LogP contribution < -0.4 is 10.1 Å². The first-order chi connectivity index (χ1) is 11.2. The summed E-state index contributed by atoms with van der Waals surface area (Å²) < 4.78 is 23.4. The van der Waals surface area contributed by atoms with Gasteiger partial charge >= 0.3 is 0 Å². The molecule has 0 aliphatic carbocycles. The average Bonchev–Trinajstić information content (AvgIpc) is 3.10. The van der Waals surface area contributed by atoms with Crippen LogP contribution in [0, 0.1) is 5.82 Å². The smallest absolute Gasteiger partial charge is 0.287 e. The largest absolute Gasteiger partial charge is 0.459 e. The Balaban J connectivity index is 1.63. The van der Waals surface area contributed by atoms with E-state index in [0.29, 0.717) is 18.2 Å². The van der Waals surface area contributed by atoms with Crippen molar-refractivity contribution in [2.24, 2.45) is 0 Å². The Morgan fingerprint density at radius 1 is 1.22 bits per heavy atom. The summed E-state index contributed by atoms with van der Waals surface area (Å²) in [5, 5.41) is 2.73. The van der Waals surface area contributed by atoms with Gasteiger partial charge in [0.15, 0.2) is 5.76 Å². The molecule has 0 spiro atoms. The maximum absolute atomic E-state index is 12.9. The van der Waals surface area contributed by atoms with Crippen LogP contribution >= 0.6 is 0 Å². The minimum absolute atomic E-state index is 0.252. The van der Waals surface area contributed by atoms with Crippen molar-refractivity contribution in [3.8, 4) is 11.6 Å². The molecule has 1 aromatic carbocycles. The SMILES string of the molecule is O=C(NCc1ccnc(Oc2ccc(F)cc2)c1)c1ccco1. The molecule has 0 bridgehead atoms. The maximum Gasteiger partial charge on any atom is 0.287 e. The van der Waals surface area contributed by atoms with Gasteiger partial charge in [-0.3, -0.25) is 4.79 Å². The number of aromatic nitrogens is 1. The van der Waals surface area contributed by atoms with Gasteiger partial charge in [0.05, 0.1) is 6.26 Å². The Morgan fingerprint density at radius 2 is 2.04 bits per heavy atom. The number of carbonyl (C=O) groups is 1. The van der Waals surface area contributed by atoms with Crippen LogP contribution in [0.5, 0.6) is 11.6 Å². The van der Waals surface area contributed by atoms with Gasteiger partial charge in [0, 0.05) is 18.8 Å². The molecule has 0 saturated heterocycles. The van der Waals surface area contributed by atoms with Crippen LogP contribution in [0.2, 0.25) is 0 Å². The Labute approximate surface area is 131 Å². The van der Waals surface area contributed by atoms with Crippen LogP contribution in [0.25, 0.3) is 0 Å². The van der Waals surface area contributed by atoms with Crippen LogP contribution in [0.15, 0.2) is 65.4 Å². The van der Waals surface area contributed by atoms with Crippen LogP contribution in [0.3, 0.4) is 0 Å². The quantitative estimate of drug-likeness (QED) is 0.782. The van der Waals surface area contributed by atoms with Gasteiger partial charge in [0.2, 0.25) is 5.88 Å². The third-order valence-electron chi connectivity index (χ3n) is 3.03. The van der Waals surface area contributed by atoms with Crippen LogP contribution in [-0.2, 0) is 6.54 Å². The van der Waals surface area contributed by atoms with E-state index in [-0.39, 0.29) is 17.5 Å². The van der Waals surface area contributed by atoms with Crippen molar-refractivity contribution in [2.45, 2.75) is 6.54 Å². The van der Waals surface area contributed by atoms with Crippen LogP contribution in [0.4, 0.5) is 4.39 Å². The molecule has 0 aliphatic heterocycles. The zero-order chi connectivity index (χ0) is 16.1. The number of nitrogens with zero attached hydrogens (tertiary/aromatic N) is 1. The zero-order valence-corrected chi connectivity index (χ0v) is 12.0. The third-order valence-corrected chi connectivity index (χ3v) is 3.03. The molecule has 0 aliphatic rings. The number of pyridine rings is 1. The Morgan fingerprint density at radius 3 is 2.78 bits per heavy atom. The van der Waals surface area contributed by atoms with Crippen molar-refractivity contribution in [2.75, 3.05) is 0 Å². The van der Waals surface area contributed by atoms with E-state index in [1.165, 1.54) is 30.5 Å². The predicted molar refractivity (Wildman–Crippen MR) is 80.6 cm³/mol. The number of rotatable bonds is 5. The van der Waals surface area contributed by atoms with Gasteiger partial charge < -0.3 is 14.5 Å². The predicted octanol–water partition coefficient (Wildman–Crippen LogP) is 3.54. The molecule has 116 valence electrons. The molecule has 1 N–H and O–H groups in total. The Kier molecular flexibility index (Phi) is 4.33. The summed E-state index contributed by atoms with van der Waals surface area (Å²) >= 11 is 0. The fourth-order valence-electron chi connectivity index (χ4n) is 1.92. The number of amides is 1. The highest BCUT2D eigenvalue weighted by atomic mass is 19.1.